The van der Waals surface area contributed by atoms with Gasteiger partial charge in [0.05, 0.1) is 32.6 Å². The highest BCUT2D eigenvalue weighted by Gasteiger charge is 2.45. The monoisotopic (exact) mass is 515 g/mol. The van der Waals surface area contributed by atoms with Crippen molar-refractivity contribution in [3.63, 3.8) is 0 Å². The van der Waals surface area contributed by atoms with Crippen molar-refractivity contribution in [1.29, 1.82) is 0 Å². The smallest absolute Gasteiger partial charge is 0.214 e. The molecule has 0 unspecified atom stereocenters. The Morgan fingerprint density at radius 2 is 1.53 bits per heavy atom. The second-order valence-electron chi connectivity index (χ2n) is 8.20. The third-order valence-electron chi connectivity index (χ3n) is 5.14. The highest BCUT2D eigenvalue weighted by atomic mass is 79.9. The van der Waals surface area contributed by atoms with Crippen LogP contribution in [0, 0.1) is 0 Å². The molecule has 2 heterocycles. The van der Waals surface area contributed by atoms with Crippen LogP contribution in [-0.4, -0.2) is 78.4 Å². The highest BCUT2D eigenvalue weighted by Crippen LogP contribution is 2.66. The number of hydrazone groups is 1. The zero-order valence-corrected chi connectivity index (χ0v) is 21.2. The van der Waals surface area contributed by atoms with Gasteiger partial charge in [0.1, 0.15) is 7.36 Å². The van der Waals surface area contributed by atoms with Crippen LogP contribution in [0.3, 0.4) is 0 Å². The molecule has 0 spiro atoms. The molecule has 0 radical (unpaired) electrons. The number of rotatable bonds is 4. The van der Waals surface area contributed by atoms with Crippen LogP contribution in [0.25, 0.3) is 0 Å². The average Bonchev–Trinajstić information content (AvgIpc) is 2.74. The van der Waals surface area contributed by atoms with Gasteiger partial charge in [0.2, 0.25) is 5.11 Å². The van der Waals surface area contributed by atoms with Crippen LogP contribution >= 0.6 is 35.5 Å². The van der Waals surface area contributed by atoms with Crippen molar-refractivity contribution in [3.8, 4) is 0 Å². The van der Waals surface area contributed by atoms with Crippen molar-refractivity contribution in [2.75, 3.05) is 52.6 Å². The zero-order chi connectivity index (χ0) is 21.6. The summed E-state index contributed by atoms with van der Waals surface area (Å²) in [5.41, 5.74) is 3.98. The summed E-state index contributed by atoms with van der Waals surface area (Å²) in [5.74, 6) is 0. The van der Waals surface area contributed by atoms with E-state index >= 15 is 0 Å². The quantitative estimate of drug-likeness (QED) is 0.281. The SMILES string of the molecule is CC(C)(C)P(=NC(=S)N/N=C/c1ccc(Br)cc1)(N1CCOCC1)N1CCOCC1. The van der Waals surface area contributed by atoms with Crippen LogP contribution in [0.1, 0.15) is 26.3 Å². The van der Waals surface area contributed by atoms with Gasteiger partial charge in [0.25, 0.3) is 0 Å². The molecule has 0 amide bonds. The molecule has 2 aliphatic rings. The maximum absolute atomic E-state index is 5.66. The topological polar surface area (TPSA) is 61.7 Å². The van der Waals surface area contributed by atoms with Gasteiger partial charge in [-0.3, -0.25) is 14.8 Å². The predicted octanol–water partition coefficient (Wildman–Crippen LogP) is 4.15. The summed E-state index contributed by atoms with van der Waals surface area (Å²) in [6, 6.07) is 7.95. The zero-order valence-electron chi connectivity index (χ0n) is 17.9. The van der Waals surface area contributed by atoms with Crippen molar-refractivity contribution >= 4 is 46.8 Å². The number of thiocarbonyl (C=S) groups is 1. The first-order valence-corrected chi connectivity index (χ1v) is 13.1. The predicted molar refractivity (Wildman–Crippen MR) is 131 cm³/mol. The molecule has 10 heteroatoms. The van der Waals surface area contributed by atoms with Crippen LogP contribution in [-0.2, 0) is 9.47 Å². The fourth-order valence-corrected chi connectivity index (χ4v) is 8.84. The Morgan fingerprint density at radius 3 is 2.00 bits per heavy atom. The Hall–Kier alpha value is -0.670. The van der Waals surface area contributed by atoms with E-state index in [0.29, 0.717) is 5.11 Å². The van der Waals surface area contributed by atoms with Crippen molar-refractivity contribution in [3.05, 3.63) is 34.3 Å². The van der Waals surface area contributed by atoms with Gasteiger partial charge in [0, 0.05) is 35.8 Å². The largest absolute Gasteiger partial charge is 0.379 e. The Balaban J connectivity index is 1.89. The minimum atomic E-state index is -2.16. The van der Waals surface area contributed by atoms with Crippen LogP contribution in [0.4, 0.5) is 0 Å². The molecule has 2 fully saturated rings. The first-order valence-electron chi connectivity index (χ1n) is 10.2. The minimum Gasteiger partial charge on any atom is -0.379 e. The first-order chi connectivity index (χ1) is 14.3. The van der Waals surface area contributed by atoms with Crippen LogP contribution < -0.4 is 5.43 Å². The lowest BCUT2D eigenvalue weighted by Gasteiger charge is -2.52. The number of morpholine rings is 2. The minimum absolute atomic E-state index is 0.0805. The van der Waals surface area contributed by atoms with E-state index in [1.54, 1.807) is 6.21 Å². The number of halogens is 1. The molecule has 30 heavy (non-hydrogen) atoms. The Kier molecular flexibility index (Phi) is 8.61. The molecule has 0 bridgehead atoms. The lowest BCUT2D eigenvalue weighted by atomic mass is 10.2. The fourth-order valence-electron chi connectivity index (χ4n) is 3.83. The van der Waals surface area contributed by atoms with Crippen LogP contribution in [0.15, 0.2) is 38.6 Å². The maximum Gasteiger partial charge on any atom is 0.214 e. The Morgan fingerprint density at radius 1 is 1.03 bits per heavy atom. The number of nitrogens with zero attached hydrogens (tertiary/aromatic N) is 4. The molecule has 1 aromatic carbocycles. The molecule has 0 atom stereocenters. The van der Waals surface area contributed by atoms with E-state index in [0.717, 1.165) is 62.6 Å². The van der Waals surface area contributed by atoms with E-state index in [2.05, 4.69) is 56.6 Å². The molecule has 2 saturated heterocycles. The summed E-state index contributed by atoms with van der Waals surface area (Å²) in [5, 5.41) is 4.67. The molecule has 1 aromatic rings. The molecule has 1 N–H and O–H groups in total. The molecule has 166 valence electrons. The second-order valence-corrected chi connectivity index (χ2v) is 13.3. The van der Waals surface area contributed by atoms with Gasteiger partial charge in [-0.2, -0.15) is 5.10 Å². The summed E-state index contributed by atoms with van der Waals surface area (Å²) in [6.07, 6.45) is 1.76. The van der Waals surface area contributed by atoms with Gasteiger partial charge >= 0.3 is 0 Å². The number of ether oxygens (including phenoxy) is 2. The summed E-state index contributed by atoms with van der Waals surface area (Å²) in [4.78, 5) is 0. The molecule has 7 nitrogen and oxygen atoms in total. The second kappa shape index (κ2) is 10.8. The van der Waals surface area contributed by atoms with Crippen molar-refractivity contribution in [2.24, 2.45) is 9.85 Å². The van der Waals surface area contributed by atoms with Crippen molar-refractivity contribution in [2.45, 2.75) is 25.9 Å². The van der Waals surface area contributed by atoms with Crippen molar-refractivity contribution < 1.29 is 9.47 Å². The van der Waals surface area contributed by atoms with Gasteiger partial charge in [-0.1, -0.05) is 48.8 Å². The summed E-state index contributed by atoms with van der Waals surface area (Å²) >= 11 is 9.10. The van der Waals surface area contributed by atoms with Gasteiger partial charge in [0.15, 0.2) is 0 Å². The lowest BCUT2D eigenvalue weighted by molar-refractivity contribution is 0.0551. The summed E-state index contributed by atoms with van der Waals surface area (Å²) < 4.78 is 22.6. The third-order valence-corrected chi connectivity index (χ3v) is 10.6. The first kappa shape index (κ1) is 24.0. The molecule has 2 aliphatic heterocycles. The number of hydrogen-bond donors (Lipinski definition) is 1. The molecule has 0 aromatic heterocycles. The van der Waals surface area contributed by atoms with Crippen LogP contribution in [0.5, 0.6) is 0 Å². The van der Waals surface area contributed by atoms with Gasteiger partial charge in [-0.15, -0.1) is 0 Å². The Labute approximate surface area is 193 Å². The van der Waals surface area contributed by atoms with Gasteiger partial charge < -0.3 is 9.47 Å². The van der Waals surface area contributed by atoms with E-state index in [1.165, 1.54) is 0 Å². The fraction of sp³-hybridized carbons (Fsp3) is 0.600. The molecular formula is C20H31BrN5O2PS. The van der Waals surface area contributed by atoms with Gasteiger partial charge in [-0.05, 0) is 29.9 Å². The standard InChI is InChI=1S/C20H31BrN5O2PS/c1-20(2,3)29(25-8-12-27-13-9-25,26-10-14-28-15-11-26)24-19(30)23-22-16-17-4-6-18(21)7-5-17/h4-7,16H,8-15H2,1-3H3,(H,23,30)/b22-16+. The molecule has 0 aliphatic carbocycles. The summed E-state index contributed by atoms with van der Waals surface area (Å²) in [7, 11) is -2.16. The molecule has 0 saturated carbocycles. The molecular weight excluding hydrogens is 485 g/mol. The summed E-state index contributed by atoms with van der Waals surface area (Å²) in [6.45, 7) is 13.1. The highest BCUT2D eigenvalue weighted by molar-refractivity contribution is 9.10. The van der Waals surface area contributed by atoms with E-state index in [4.69, 9.17) is 26.4 Å². The maximum atomic E-state index is 5.66. The van der Waals surface area contributed by atoms with E-state index in [-0.39, 0.29) is 5.16 Å². The van der Waals surface area contributed by atoms with E-state index in [9.17, 15) is 0 Å². The van der Waals surface area contributed by atoms with Crippen LogP contribution in [0.2, 0.25) is 0 Å². The normalized spacial score (nSPS) is 19.7. The van der Waals surface area contributed by atoms with E-state index < -0.39 is 7.36 Å². The van der Waals surface area contributed by atoms with Crippen molar-refractivity contribution in [1.82, 2.24) is 14.8 Å². The third kappa shape index (κ3) is 5.76. The number of hydrogen-bond acceptors (Lipinski definition) is 4. The van der Waals surface area contributed by atoms with E-state index in [1.807, 2.05) is 24.3 Å². The number of benzene rings is 1. The average molecular weight is 516 g/mol. The Bertz CT molecular complexity index is 778. The lowest BCUT2D eigenvalue weighted by Crippen LogP contribution is -2.48. The van der Waals surface area contributed by atoms with Gasteiger partial charge in [-0.25, -0.2) is 4.74 Å². The number of nitrogens with one attached hydrogen (secondary N) is 1. The molecule has 3 rings (SSSR count).